The van der Waals surface area contributed by atoms with E-state index in [0.29, 0.717) is 6.04 Å². The molecular weight excluding hydrogens is 246 g/mol. The first kappa shape index (κ1) is 13.9. The molecule has 2 bridgehead atoms. The van der Waals surface area contributed by atoms with Crippen molar-refractivity contribution in [1.82, 2.24) is 5.32 Å². The molecule has 0 heterocycles. The van der Waals surface area contributed by atoms with E-state index < -0.39 is 0 Å². The number of rotatable bonds is 5. The van der Waals surface area contributed by atoms with Crippen LogP contribution in [0.3, 0.4) is 0 Å². The lowest BCUT2D eigenvalue weighted by Gasteiger charge is -2.32. The molecule has 0 aliphatic heterocycles. The fourth-order valence-corrected chi connectivity index (χ4v) is 4.53. The first-order valence-corrected chi connectivity index (χ1v) is 8.10. The molecule has 2 nitrogen and oxygen atoms in total. The fourth-order valence-electron chi connectivity index (χ4n) is 4.53. The zero-order chi connectivity index (χ0) is 14.1. The van der Waals surface area contributed by atoms with Gasteiger partial charge in [0.05, 0.1) is 7.11 Å². The second kappa shape index (κ2) is 5.77. The van der Waals surface area contributed by atoms with E-state index in [1.165, 1.54) is 36.8 Å². The minimum Gasteiger partial charge on any atom is -0.496 e. The largest absolute Gasteiger partial charge is 0.496 e. The Morgan fingerprint density at radius 3 is 2.70 bits per heavy atom. The zero-order valence-corrected chi connectivity index (χ0v) is 13.0. The van der Waals surface area contributed by atoms with Crippen molar-refractivity contribution in [3.05, 3.63) is 29.3 Å². The van der Waals surface area contributed by atoms with E-state index in [2.05, 4.69) is 37.4 Å². The van der Waals surface area contributed by atoms with Crippen molar-refractivity contribution in [3.63, 3.8) is 0 Å². The van der Waals surface area contributed by atoms with Crippen molar-refractivity contribution < 1.29 is 4.74 Å². The third kappa shape index (κ3) is 2.46. The van der Waals surface area contributed by atoms with Gasteiger partial charge in [0.15, 0.2) is 0 Å². The Bertz CT molecular complexity index is 470. The van der Waals surface area contributed by atoms with Crippen LogP contribution in [0.2, 0.25) is 0 Å². The van der Waals surface area contributed by atoms with Crippen molar-refractivity contribution in [2.75, 3.05) is 13.7 Å². The van der Waals surface area contributed by atoms with Crippen LogP contribution >= 0.6 is 0 Å². The molecule has 1 N–H and O–H groups in total. The molecule has 4 atom stereocenters. The van der Waals surface area contributed by atoms with Crippen molar-refractivity contribution >= 4 is 0 Å². The van der Waals surface area contributed by atoms with E-state index in [4.69, 9.17) is 4.74 Å². The summed E-state index contributed by atoms with van der Waals surface area (Å²) in [6.45, 7) is 5.41. The van der Waals surface area contributed by atoms with Crippen LogP contribution in [-0.4, -0.2) is 13.7 Å². The Balaban J connectivity index is 1.85. The van der Waals surface area contributed by atoms with E-state index in [1.54, 1.807) is 7.11 Å². The molecule has 1 aromatic carbocycles. The minimum atomic E-state index is 0.528. The molecule has 110 valence electrons. The van der Waals surface area contributed by atoms with Crippen LogP contribution in [0.25, 0.3) is 0 Å². The standard InChI is InChI=1S/C18H27NO/c1-4-19-18(16-11-13-5-6-14(16)10-13)15-7-8-17(20-3)12(2)9-15/h7-9,13-14,16,18-19H,4-6,10-11H2,1-3H3. The highest BCUT2D eigenvalue weighted by atomic mass is 16.5. The summed E-state index contributed by atoms with van der Waals surface area (Å²) < 4.78 is 5.39. The highest BCUT2D eigenvalue weighted by Crippen LogP contribution is 2.52. The summed E-state index contributed by atoms with van der Waals surface area (Å²) in [6, 6.07) is 7.23. The number of hydrogen-bond donors (Lipinski definition) is 1. The average Bonchev–Trinajstić information content (AvgIpc) is 3.07. The van der Waals surface area contributed by atoms with Gasteiger partial charge in [0.1, 0.15) is 5.75 Å². The summed E-state index contributed by atoms with van der Waals surface area (Å²) >= 11 is 0. The van der Waals surface area contributed by atoms with Gasteiger partial charge >= 0.3 is 0 Å². The molecule has 2 aliphatic carbocycles. The van der Waals surface area contributed by atoms with Crippen LogP contribution in [0.5, 0.6) is 5.75 Å². The van der Waals surface area contributed by atoms with Crippen LogP contribution in [-0.2, 0) is 0 Å². The summed E-state index contributed by atoms with van der Waals surface area (Å²) in [7, 11) is 1.75. The van der Waals surface area contributed by atoms with Crippen molar-refractivity contribution in [2.24, 2.45) is 17.8 Å². The molecule has 1 aromatic rings. The molecular formula is C18H27NO. The number of fused-ring (bicyclic) bond motifs is 2. The molecule has 0 saturated heterocycles. The summed E-state index contributed by atoms with van der Waals surface area (Å²) in [4.78, 5) is 0. The molecule has 2 heteroatoms. The van der Waals surface area contributed by atoms with Gasteiger partial charge in [-0.1, -0.05) is 25.5 Å². The third-order valence-corrected chi connectivity index (χ3v) is 5.42. The van der Waals surface area contributed by atoms with E-state index in [1.807, 2.05) is 0 Å². The van der Waals surface area contributed by atoms with E-state index in [0.717, 1.165) is 30.0 Å². The van der Waals surface area contributed by atoms with E-state index in [9.17, 15) is 0 Å². The van der Waals surface area contributed by atoms with Crippen molar-refractivity contribution in [1.29, 1.82) is 0 Å². The Hall–Kier alpha value is -1.02. The van der Waals surface area contributed by atoms with Gasteiger partial charge < -0.3 is 10.1 Å². The van der Waals surface area contributed by atoms with Gasteiger partial charge in [-0.3, -0.25) is 0 Å². The number of hydrogen-bond acceptors (Lipinski definition) is 2. The Morgan fingerprint density at radius 2 is 2.15 bits per heavy atom. The van der Waals surface area contributed by atoms with Crippen LogP contribution < -0.4 is 10.1 Å². The van der Waals surface area contributed by atoms with Crippen LogP contribution in [0.15, 0.2) is 18.2 Å². The Labute approximate surface area is 122 Å². The molecule has 4 unspecified atom stereocenters. The summed E-state index contributed by atoms with van der Waals surface area (Å²) in [5.74, 6) is 3.79. The first-order valence-electron chi connectivity index (χ1n) is 8.10. The number of benzene rings is 1. The lowest BCUT2D eigenvalue weighted by Crippen LogP contribution is -2.31. The first-order chi connectivity index (χ1) is 9.72. The van der Waals surface area contributed by atoms with Crippen molar-refractivity contribution in [3.8, 4) is 5.75 Å². The van der Waals surface area contributed by atoms with Gasteiger partial charge in [0.25, 0.3) is 0 Å². The highest BCUT2D eigenvalue weighted by Gasteiger charge is 2.43. The molecule has 20 heavy (non-hydrogen) atoms. The summed E-state index contributed by atoms with van der Waals surface area (Å²) in [6.07, 6.45) is 5.82. The average molecular weight is 273 g/mol. The van der Waals surface area contributed by atoms with Gasteiger partial charge in [-0.15, -0.1) is 0 Å². The third-order valence-electron chi connectivity index (χ3n) is 5.42. The maximum Gasteiger partial charge on any atom is 0.121 e. The van der Waals surface area contributed by atoms with Crippen LogP contribution in [0.4, 0.5) is 0 Å². The zero-order valence-electron chi connectivity index (χ0n) is 13.0. The molecule has 2 saturated carbocycles. The molecule has 0 radical (unpaired) electrons. The Kier molecular flexibility index (Phi) is 4.02. The lowest BCUT2D eigenvalue weighted by atomic mass is 9.80. The molecule has 0 spiro atoms. The number of aryl methyl sites for hydroxylation is 1. The van der Waals surface area contributed by atoms with Gasteiger partial charge in [-0.05, 0) is 67.7 Å². The molecule has 2 aliphatic rings. The number of ether oxygens (including phenoxy) is 1. The predicted octanol–water partition coefficient (Wildman–Crippen LogP) is 4.09. The van der Waals surface area contributed by atoms with Crippen molar-refractivity contribution in [2.45, 2.75) is 45.6 Å². The smallest absolute Gasteiger partial charge is 0.121 e. The minimum absolute atomic E-state index is 0.528. The monoisotopic (exact) mass is 273 g/mol. The van der Waals surface area contributed by atoms with Crippen LogP contribution in [0.1, 0.15) is 49.8 Å². The second-order valence-electron chi connectivity index (χ2n) is 6.60. The molecule has 0 aromatic heterocycles. The highest BCUT2D eigenvalue weighted by molar-refractivity contribution is 5.37. The lowest BCUT2D eigenvalue weighted by molar-refractivity contribution is 0.253. The summed E-state index contributed by atoms with van der Waals surface area (Å²) in [5, 5.41) is 3.75. The maximum absolute atomic E-state index is 5.39. The second-order valence-corrected chi connectivity index (χ2v) is 6.60. The molecule has 3 rings (SSSR count). The number of methoxy groups -OCH3 is 1. The van der Waals surface area contributed by atoms with Gasteiger partial charge in [-0.25, -0.2) is 0 Å². The quantitative estimate of drug-likeness (QED) is 0.872. The molecule has 2 fully saturated rings. The predicted molar refractivity (Wildman–Crippen MR) is 83.1 cm³/mol. The SMILES string of the molecule is CCNC(c1ccc(OC)c(C)c1)C1CC2CCC1C2. The maximum atomic E-state index is 5.39. The van der Waals surface area contributed by atoms with Gasteiger partial charge in [0, 0.05) is 6.04 Å². The number of nitrogens with one attached hydrogen (secondary N) is 1. The van der Waals surface area contributed by atoms with E-state index >= 15 is 0 Å². The van der Waals surface area contributed by atoms with Crippen LogP contribution in [0, 0.1) is 24.7 Å². The summed E-state index contributed by atoms with van der Waals surface area (Å²) in [5.41, 5.74) is 2.69. The van der Waals surface area contributed by atoms with Gasteiger partial charge in [0.2, 0.25) is 0 Å². The fraction of sp³-hybridized carbons (Fsp3) is 0.667. The van der Waals surface area contributed by atoms with E-state index in [-0.39, 0.29) is 0 Å². The molecule has 0 amide bonds. The van der Waals surface area contributed by atoms with Gasteiger partial charge in [-0.2, -0.15) is 0 Å². The normalized spacial score (nSPS) is 29.6. The topological polar surface area (TPSA) is 21.3 Å². The Morgan fingerprint density at radius 1 is 1.30 bits per heavy atom.